The molecule has 14 heteroatoms. The van der Waals surface area contributed by atoms with E-state index in [0.29, 0.717) is 34.4 Å². The normalized spacial score (nSPS) is 10.7. The molecule has 10 nitrogen and oxygen atoms in total. The number of halogens is 1. The van der Waals surface area contributed by atoms with E-state index in [0.717, 1.165) is 5.56 Å². The summed E-state index contributed by atoms with van der Waals surface area (Å²) in [5.41, 5.74) is 1.66. The Kier molecular flexibility index (Phi) is 11.1. The Balaban J connectivity index is 0.00000420. The molecule has 0 spiro atoms. The molecular weight excluding hydrogens is 591 g/mol. The first-order valence-corrected chi connectivity index (χ1v) is 13.6. The Morgan fingerprint density at radius 1 is 1.05 bits per heavy atom. The van der Waals surface area contributed by atoms with Crippen LogP contribution < -0.4 is 65.6 Å². The predicted octanol–water partition coefficient (Wildman–Crippen LogP) is 2.92. The van der Waals surface area contributed by atoms with E-state index >= 15 is 0 Å². The Bertz CT molecular complexity index is 1590. The number of benzene rings is 3. The van der Waals surface area contributed by atoms with E-state index in [4.69, 9.17) is 35.6 Å². The smallest absolute Gasteiger partial charge is 0.493 e. The van der Waals surface area contributed by atoms with Gasteiger partial charge in [-0.15, -0.1) is 11.8 Å². The molecule has 39 heavy (non-hydrogen) atoms. The largest absolute Gasteiger partial charge is 1.00 e. The van der Waals surface area contributed by atoms with Crippen LogP contribution in [0.15, 0.2) is 68.9 Å². The van der Waals surface area contributed by atoms with Gasteiger partial charge in [-0.3, -0.25) is 0 Å². The summed E-state index contributed by atoms with van der Waals surface area (Å²) in [6, 6.07) is 15.4. The Morgan fingerprint density at radius 2 is 1.72 bits per heavy atom. The fraction of sp³-hybridized carbons (Fsp3) is 0.160. The Morgan fingerprint density at radius 3 is 2.31 bits per heavy atom. The van der Waals surface area contributed by atoms with Crippen molar-refractivity contribution in [2.45, 2.75) is 15.5 Å². The van der Waals surface area contributed by atoms with Crippen molar-refractivity contribution >= 4 is 33.4 Å². The van der Waals surface area contributed by atoms with Crippen molar-refractivity contribution < 1.29 is 78.5 Å². The van der Waals surface area contributed by atoms with Crippen LogP contribution in [-0.2, 0) is 15.8 Å². The zero-order chi connectivity index (χ0) is 27.3. The van der Waals surface area contributed by atoms with Gasteiger partial charge >= 0.3 is 51.4 Å². The van der Waals surface area contributed by atoms with Gasteiger partial charge in [0.25, 0.3) is 5.89 Å². The summed E-state index contributed by atoms with van der Waals surface area (Å²) >= 11 is 7.72. The van der Waals surface area contributed by atoms with Gasteiger partial charge in [-0.25, -0.2) is 8.42 Å². The number of aromatic nitrogens is 2. The minimum Gasteiger partial charge on any atom is -0.493 e. The van der Waals surface area contributed by atoms with Crippen LogP contribution >= 0.6 is 23.4 Å². The fourth-order valence-corrected chi connectivity index (χ4v) is 6.01. The van der Waals surface area contributed by atoms with Crippen LogP contribution in [0, 0.1) is 11.5 Å². The standard InChI is InChI=1S/C25H20ClN4O6S2.K/c1-33-19-9-15(10-20(34-2)23(19)35-3)13-37-21-12-18(26)17(11-22(21)38(31,32)28-14-27)25-29-24(30-36-25)16-7-5-4-6-8-16;/h4-12H,13H2,1-3H3;/q-1;+1. The summed E-state index contributed by atoms with van der Waals surface area (Å²) < 4.78 is 50.4. The predicted molar refractivity (Wildman–Crippen MR) is 142 cm³/mol. The van der Waals surface area contributed by atoms with Crippen molar-refractivity contribution in [2.75, 3.05) is 21.3 Å². The molecule has 196 valence electrons. The van der Waals surface area contributed by atoms with Crippen molar-refractivity contribution in [2.24, 2.45) is 0 Å². The van der Waals surface area contributed by atoms with E-state index in [9.17, 15) is 8.42 Å². The van der Waals surface area contributed by atoms with E-state index in [1.54, 1.807) is 24.3 Å². The van der Waals surface area contributed by atoms with Gasteiger partial charge in [-0.05, 0) is 29.8 Å². The Labute approximate surface area is 277 Å². The van der Waals surface area contributed by atoms with Gasteiger partial charge in [0.15, 0.2) is 11.5 Å². The SMILES string of the molecule is COc1cc(CSc2cc(Cl)c(-c3nc(-c4ccccc4)no3)cc2S(=O)(=O)[N-]C#N)cc(OC)c1OC.[K+]. The number of methoxy groups -OCH3 is 3. The summed E-state index contributed by atoms with van der Waals surface area (Å²) in [7, 11) is 0.154. The number of nitrogens with zero attached hydrogens (tertiary/aromatic N) is 4. The molecule has 3 aromatic carbocycles. The van der Waals surface area contributed by atoms with Crippen LogP contribution in [0.2, 0.25) is 5.02 Å². The van der Waals surface area contributed by atoms with Crippen LogP contribution in [0.4, 0.5) is 0 Å². The molecule has 0 unspecified atom stereocenters. The third-order valence-corrected chi connectivity index (χ3v) is 8.06. The average molecular weight is 611 g/mol. The molecule has 0 fully saturated rings. The summed E-state index contributed by atoms with van der Waals surface area (Å²) in [5, 5.41) is 13.1. The van der Waals surface area contributed by atoms with Crippen molar-refractivity contribution in [3.05, 3.63) is 69.9 Å². The van der Waals surface area contributed by atoms with Gasteiger partial charge in [0.05, 0.1) is 36.8 Å². The summed E-state index contributed by atoms with van der Waals surface area (Å²) in [4.78, 5) is 4.41. The van der Waals surface area contributed by atoms with Crippen molar-refractivity contribution in [1.29, 1.82) is 5.26 Å². The van der Waals surface area contributed by atoms with Gasteiger partial charge in [-0.1, -0.05) is 53.3 Å². The Hall–Kier alpha value is -2.28. The summed E-state index contributed by atoms with van der Waals surface area (Å²) in [6.45, 7) is 0. The van der Waals surface area contributed by atoms with Crippen LogP contribution in [0.25, 0.3) is 27.6 Å². The van der Waals surface area contributed by atoms with Crippen molar-refractivity contribution in [3.63, 3.8) is 0 Å². The number of hydrogen-bond donors (Lipinski definition) is 0. The van der Waals surface area contributed by atoms with Gasteiger partial charge in [0, 0.05) is 16.2 Å². The minimum absolute atomic E-state index is 0. The average Bonchev–Trinajstić information content (AvgIpc) is 3.41. The molecule has 4 rings (SSSR count). The van der Waals surface area contributed by atoms with E-state index in [1.165, 1.54) is 51.4 Å². The van der Waals surface area contributed by atoms with Crippen LogP contribution in [0.5, 0.6) is 17.2 Å². The van der Waals surface area contributed by atoms with Crippen molar-refractivity contribution in [1.82, 2.24) is 10.1 Å². The zero-order valence-electron chi connectivity index (χ0n) is 21.3. The summed E-state index contributed by atoms with van der Waals surface area (Å²) in [5.74, 6) is 1.97. The molecule has 1 aromatic heterocycles. The molecule has 0 saturated carbocycles. The molecule has 1 heterocycles. The molecule has 0 aliphatic carbocycles. The van der Waals surface area contributed by atoms with E-state index < -0.39 is 10.0 Å². The number of hydrogen-bond acceptors (Lipinski definition) is 10. The van der Waals surface area contributed by atoms with Crippen LogP contribution in [0.1, 0.15) is 5.56 Å². The molecule has 0 aliphatic heterocycles. The maximum absolute atomic E-state index is 12.9. The van der Waals surface area contributed by atoms with Gasteiger partial charge in [-0.2, -0.15) is 4.98 Å². The van der Waals surface area contributed by atoms with Gasteiger partial charge in [0.1, 0.15) is 0 Å². The second-order valence-corrected chi connectivity index (χ2v) is 10.6. The molecular formula is C25H20ClKN4O6S2. The summed E-state index contributed by atoms with van der Waals surface area (Å²) in [6.07, 6.45) is 1.35. The maximum Gasteiger partial charge on any atom is 1.00 e. The third-order valence-electron chi connectivity index (χ3n) is 5.28. The molecule has 0 radical (unpaired) electrons. The second kappa shape index (κ2) is 13.9. The number of thioether (sulfide) groups is 1. The number of ether oxygens (including phenoxy) is 3. The van der Waals surface area contributed by atoms with Crippen molar-refractivity contribution in [3.8, 4) is 46.3 Å². The third kappa shape index (κ3) is 7.08. The number of rotatable bonds is 10. The molecule has 0 saturated heterocycles. The van der Waals surface area contributed by atoms with Crippen LogP contribution in [0.3, 0.4) is 0 Å². The quantitative estimate of drug-likeness (QED) is 0.150. The molecule has 0 N–H and O–H groups in total. The molecule has 0 aliphatic rings. The molecule has 0 atom stereocenters. The van der Waals surface area contributed by atoms with E-state index in [2.05, 4.69) is 14.9 Å². The zero-order valence-corrected chi connectivity index (χ0v) is 26.8. The molecule has 4 aromatic rings. The van der Waals surface area contributed by atoms with Gasteiger partial charge < -0.3 is 28.7 Å². The first-order chi connectivity index (χ1) is 18.3. The first-order valence-electron chi connectivity index (χ1n) is 10.8. The molecule has 0 bridgehead atoms. The monoisotopic (exact) mass is 610 g/mol. The minimum atomic E-state index is -4.35. The molecule has 0 amide bonds. The maximum atomic E-state index is 12.9. The fourth-order valence-electron chi connectivity index (χ4n) is 3.53. The number of sulfonamides is 1. The second-order valence-electron chi connectivity index (χ2n) is 7.56. The first kappa shape index (κ1) is 31.2. The van der Waals surface area contributed by atoms with E-state index in [-0.39, 0.29) is 77.7 Å². The topological polar surface area (TPSA) is 139 Å². The van der Waals surface area contributed by atoms with Gasteiger partial charge in [0.2, 0.25) is 21.6 Å². The van der Waals surface area contributed by atoms with Crippen LogP contribution in [-0.4, -0.2) is 39.9 Å². The number of nitriles is 1. The van der Waals surface area contributed by atoms with E-state index in [1.807, 2.05) is 18.2 Å².